The van der Waals surface area contributed by atoms with Crippen molar-refractivity contribution in [1.29, 1.82) is 0 Å². The molecule has 0 bridgehead atoms. The number of carbonyl (C=O) groups excluding carboxylic acids is 1. The second-order valence-electron chi connectivity index (χ2n) is 6.82. The summed E-state index contributed by atoms with van der Waals surface area (Å²) in [6.45, 7) is 4.01. The fraction of sp³-hybridized carbons (Fsp3) is 0.316. The molecule has 2 N–H and O–H groups in total. The van der Waals surface area contributed by atoms with Gasteiger partial charge in [0.1, 0.15) is 0 Å². The van der Waals surface area contributed by atoms with Crippen LogP contribution in [0.1, 0.15) is 5.56 Å². The van der Waals surface area contributed by atoms with Gasteiger partial charge in [-0.1, -0.05) is 40.9 Å². The molecule has 9 heteroatoms. The molecule has 28 heavy (non-hydrogen) atoms. The number of aryl methyl sites for hydroxylation is 1. The molecule has 0 radical (unpaired) electrons. The normalized spacial score (nSPS) is 16.1. The van der Waals surface area contributed by atoms with Gasteiger partial charge in [-0.15, -0.1) is 0 Å². The Morgan fingerprint density at radius 2 is 1.75 bits per heavy atom. The van der Waals surface area contributed by atoms with Crippen molar-refractivity contribution in [1.82, 2.24) is 4.31 Å². The molecule has 0 aliphatic carbocycles. The summed E-state index contributed by atoms with van der Waals surface area (Å²) in [4.78, 5) is 13.6. The molecule has 2 aromatic rings. The molecular weight excluding hydrogens is 421 g/mol. The molecule has 1 aliphatic heterocycles. The molecule has 3 rings (SSSR count). The average molecular weight is 443 g/mol. The standard InChI is InChI=1S/C19H21Cl2N3O3S/c1-14-2-5-16(6-3-14)28(26,27)24-10-8-23(9-11-24)13-19(25)22-18-12-15(20)4-7-17(18)21/h2-7,12H,8-11,13H2,1H3,(H,22,25)/p+1. The van der Waals surface area contributed by atoms with Crippen molar-refractivity contribution < 1.29 is 18.1 Å². The number of halogens is 2. The second-order valence-corrected chi connectivity index (χ2v) is 9.60. The van der Waals surface area contributed by atoms with E-state index < -0.39 is 10.0 Å². The number of hydrogen-bond acceptors (Lipinski definition) is 3. The van der Waals surface area contributed by atoms with Gasteiger partial charge in [0.05, 0.1) is 41.8 Å². The minimum absolute atomic E-state index is 0.186. The summed E-state index contributed by atoms with van der Waals surface area (Å²) in [7, 11) is -3.50. The number of nitrogens with zero attached hydrogens (tertiary/aromatic N) is 1. The van der Waals surface area contributed by atoms with Gasteiger partial charge in [-0.3, -0.25) is 4.79 Å². The number of piperazine rings is 1. The van der Waals surface area contributed by atoms with Gasteiger partial charge in [0.2, 0.25) is 10.0 Å². The zero-order valence-corrected chi connectivity index (χ0v) is 17.7. The summed E-state index contributed by atoms with van der Waals surface area (Å²) < 4.78 is 27.0. The van der Waals surface area contributed by atoms with Crippen LogP contribution in [0.15, 0.2) is 47.4 Å². The SMILES string of the molecule is Cc1ccc(S(=O)(=O)N2CC[NH+](CC(=O)Nc3cc(Cl)ccc3Cl)CC2)cc1. The van der Waals surface area contributed by atoms with Crippen LogP contribution in [0, 0.1) is 6.92 Å². The largest absolute Gasteiger partial charge is 0.325 e. The molecular formula is C19H22Cl2N3O3S+. The van der Waals surface area contributed by atoms with Crippen molar-refractivity contribution >= 4 is 44.8 Å². The van der Waals surface area contributed by atoms with E-state index in [1.807, 2.05) is 6.92 Å². The molecule has 0 saturated carbocycles. The summed E-state index contributed by atoms with van der Waals surface area (Å²) in [5.74, 6) is -0.186. The minimum atomic E-state index is -3.50. The van der Waals surface area contributed by atoms with Gasteiger partial charge in [0, 0.05) is 5.02 Å². The maximum Gasteiger partial charge on any atom is 0.279 e. The summed E-state index contributed by atoms with van der Waals surface area (Å²) >= 11 is 12.0. The Kier molecular flexibility index (Phi) is 6.62. The molecule has 1 amide bonds. The van der Waals surface area contributed by atoms with Crippen LogP contribution in [0.25, 0.3) is 0 Å². The van der Waals surface area contributed by atoms with Crippen LogP contribution in [0.2, 0.25) is 10.0 Å². The fourth-order valence-corrected chi connectivity index (χ4v) is 4.87. The highest BCUT2D eigenvalue weighted by atomic mass is 35.5. The predicted molar refractivity (Wildman–Crippen MR) is 111 cm³/mol. The van der Waals surface area contributed by atoms with Gasteiger partial charge in [-0.2, -0.15) is 4.31 Å². The van der Waals surface area contributed by atoms with E-state index in [-0.39, 0.29) is 12.5 Å². The van der Waals surface area contributed by atoms with Gasteiger partial charge in [-0.05, 0) is 37.3 Å². The maximum absolute atomic E-state index is 12.7. The third kappa shape index (κ3) is 5.04. The minimum Gasteiger partial charge on any atom is -0.325 e. The van der Waals surface area contributed by atoms with E-state index in [2.05, 4.69) is 5.32 Å². The first-order valence-electron chi connectivity index (χ1n) is 8.91. The Balaban J connectivity index is 1.55. The predicted octanol–water partition coefficient (Wildman–Crippen LogP) is 1.83. The van der Waals surface area contributed by atoms with Crippen LogP contribution in [0.5, 0.6) is 0 Å². The average Bonchev–Trinajstić information content (AvgIpc) is 2.65. The zero-order chi connectivity index (χ0) is 20.3. The number of hydrogen-bond donors (Lipinski definition) is 2. The molecule has 1 heterocycles. The van der Waals surface area contributed by atoms with Gasteiger partial charge in [0.15, 0.2) is 6.54 Å². The van der Waals surface area contributed by atoms with Crippen molar-refractivity contribution in [3.63, 3.8) is 0 Å². The number of nitrogens with one attached hydrogen (secondary N) is 2. The lowest BCUT2D eigenvalue weighted by molar-refractivity contribution is -0.895. The monoisotopic (exact) mass is 442 g/mol. The van der Waals surface area contributed by atoms with Crippen LogP contribution in [-0.2, 0) is 14.8 Å². The van der Waals surface area contributed by atoms with E-state index in [1.165, 1.54) is 4.31 Å². The molecule has 0 atom stereocenters. The third-order valence-corrected chi connectivity index (χ3v) is 7.18. The lowest BCUT2D eigenvalue weighted by atomic mass is 10.2. The number of quaternary nitrogens is 1. The molecule has 0 aromatic heterocycles. The zero-order valence-electron chi connectivity index (χ0n) is 15.4. The maximum atomic E-state index is 12.7. The highest BCUT2D eigenvalue weighted by Crippen LogP contribution is 2.25. The Morgan fingerprint density at radius 1 is 1.11 bits per heavy atom. The van der Waals surface area contributed by atoms with Crippen molar-refractivity contribution in [3.8, 4) is 0 Å². The number of sulfonamides is 1. The van der Waals surface area contributed by atoms with Crippen molar-refractivity contribution in [2.75, 3.05) is 38.0 Å². The van der Waals surface area contributed by atoms with Gasteiger partial charge >= 0.3 is 0 Å². The highest BCUT2D eigenvalue weighted by Gasteiger charge is 2.31. The first-order chi connectivity index (χ1) is 13.3. The van der Waals surface area contributed by atoms with E-state index in [1.54, 1.807) is 42.5 Å². The van der Waals surface area contributed by atoms with E-state index in [9.17, 15) is 13.2 Å². The molecule has 0 spiro atoms. The van der Waals surface area contributed by atoms with Crippen molar-refractivity contribution in [2.24, 2.45) is 0 Å². The van der Waals surface area contributed by atoms with E-state index in [0.29, 0.717) is 46.8 Å². The van der Waals surface area contributed by atoms with Crippen LogP contribution >= 0.6 is 23.2 Å². The highest BCUT2D eigenvalue weighted by molar-refractivity contribution is 7.89. The van der Waals surface area contributed by atoms with Gasteiger partial charge < -0.3 is 10.2 Å². The molecule has 1 saturated heterocycles. The number of amides is 1. The number of benzene rings is 2. The Labute approximate surface area is 175 Å². The summed E-state index contributed by atoms with van der Waals surface area (Å²) in [5, 5.41) is 3.67. The smallest absolute Gasteiger partial charge is 0.279 e. The van der Waals surface area contributed by atoms with Crippen LogP contribution in [0.4, 0.5) is 5.69 Å². The number of anilines is 1. The van der Waals surface area contributed by atoms with Crippen LogP contribution in [0.3, 0.4) is 0 Å². The van der Waals surface area contributed by atoms with Gasteiger partial charge in [-0.25, -0.2) is 8.42 Å². The fourth-order valence-electron chi connectivity index (χ4n) is 3.09. The van der Waals surface area contributed by atoms with E-state index in [4.69, 9.17) is 23.2 Å². The van der Waals surface area contributed by atoms with Gasteiger partial charge in [0.25, 0.3) is 5.91 Å². The Hall–Kier alpha value is -1.64. The van der Waals surface area contributed by atoms with E-state index >= 15 is 0 Å². The quantitative estimate of drug-likeness (QED) is 0.741. The van der Waals surface area contributed by atoms with Crippen LogP contribution < -0.4 is 10.2 Å². The molecule has 1 aliphatic rings. The molecule has 6 nitrogen and oxygen atoms in total. The number of carbonyl (C=O) groups is 1. The Morgan fingerprint density at radius 3 is 2.39 bits per heavy atom. The molecule has 1 fully saturated rings. The second kappa shape index (κ2) is 8.80. The summed E-state index contributed by atoms with van der Waals surface area (Å²) in [6.07, 6.45) is 0. The van der Waals surface area contributed by atoms with Crippen molar-refractivity contribution in [3.05, 3.63) is 58.1 Å². The first kappa shape index (κ1) is 21.1. The first-order valence-corrected chi connectivity index (χ1v) is 11.1. The summed E-state index contributed by atoms with van der Waals surface area (Å²) in [6, 6.07) is 11.7. The molecule has 150 valence electrons. The lowest BCUT2D eigenvalue weighted by Gasteiger charge is -2.31. The third-order valence-electron chi connectivity index (χ3n) is 4.70. The van der Waals surface area contributed by atoms with E-state index in [0.717, 1.165) is 10.5 Å². The number of rotatable bonds is 5. The molecule has 2 aromatic carbocycles. The van der Waals surface area contributed by atoms with Crippen LogP contribution in [-0.4, -0.2) is 51.4 Å². The lowest BCUT2D eigenvalue weighted by Crippen LogP contribution is -3.15. The van der Waals surface area contributed by atoms with Crippen molar-refractivity contribution in [2.45, 2.75) is 11.8 Å². The summed E-state index contributed by atoms with van der Waals surface area (Å²) in [5.41, 5.74) is 1.48. The Bertz CT molecular complexity index is 957. The topological polar surface area (TPSA) is 70.9 Å². The molecule has 0 unspecified atom stereocenters.